The summed E-state index contributed by atoms with van der Waals surface area (Å²) in [5.41, 5.74) is 11.1. The smallest absolute Gasteiger partial charge is 0.358 e. The SMILES string of the molecule is CC(C)CC(CC(C)C)(c1cc2c(-c3cccc(C(C)(C)C)c3)cccc2[cH-]1)c1cc2c(-c3cccc(C(C)(C)C)c3)cccc2[cH-]1.[CH3-].[CH3-].[Hf+4]. The molecule has 0 N–H and O–H groups in total. The van der Waals surface area contributed by atoms with Crippen LogP contribution in [0.1, 0.15) is 104 Å². The van der Waals surface area contributed by atoms with Crippen molar-refractivity contribution in [2.75, 3.05) is 0 Å². The summed E-state index contributed by atoms with van der Waals surface area (Å²) in [4.78, 5) is 0. The number of rotatable bonds is 8. The topological polar surface area (TPSA) is 0 Å². The largest absolute Gasteiger partial charge is 4.00 e. The minimum Gasteiger partial charge on any atom is -0.358 e. The first kappa shape index (κ1) is 41.4. The molecule has 0 atom stereocenters. The van der Waals surface area contributed by atoms with E-state index in [1.807, 2.05) is 0 Å². The molecule has 0 radical (unpaired) electrons. The molecule has 0 amide bonds. The van der Waals surface area contributed by atoms with Crippen LogP contribution >= 0.6 is 0 Å². The van der Waals surface area contributed by atoms with Gasteiger partial charge in [-0.1, -0.05) is 141 Å². The zero-order chi connectivity index (χ0) is 33.7. The normalized spacial score (nSPS) is 12.2. The molecule has 0 aliphatic heterocycles. The molecule has 50 heavy (non-hydrogen) atoms. The van der Waals surface area contributed by atoms with Gasteiger partial charge >= 0.3 is 25.8 Å². The molecule has 0 fully saturated rings. The molecular weight excluding hydrogens is 767 g/mol. The molecule has 6 aromatic carbocycles. The van der Waals surface area contributed by atoms with E-state index in [1.54, 1.807) is 0 Å². The molecule has 6 rings (SSSR count). The van der Waals surface area contributed by atoms with E-state index in [4.69, 9.17) is 0 Å². The second-order valence-electron chi connectivity index (χ2n) is 17.0. The van der Waals surface area contributed by atoms with E-state index < -0.39 is 0 Å². The third kappa shape index (κ3) is 8.20. The summed E-state index contributed by atoms with van der Waals surface area (Å²) in [5.74, 6) is 1.10. The third-order valence-corrected chi connectivity index (χ3v) is 10.2. The van der Waals surface area contributed by atoms with E-state index in [0.29, 0.717) is 11.8 Å². The van der Waals surface area contributed by atoms with Gasteiger partial charge in [-0.05, 0) is 63.2 Å². The number of hydrogen-bond donors (Lipinski definition) is 0. The molecule has 0 unspecified atom stereocenters. The maximum absolute atomic E-state index is 2.55. The van der Waals surface area contributed by atoms with Crippen molar-refractivity contribution in [3.63, 3.8) is 0 Å². The van der Waals surface area contributed by atoms with Crippen molar-refractivity contribution in [3.05, 3.63) is 146 Å². The fraction of sp³-hybridized carbons (Fsp3) is 0.347. The van der Waals surface area contributed by atoms with Gasteiger partial charge < -0.3 is 14.9 Å². The van der Waals surface area contributed by atoms with Gasteiger partial charge in [0.1, 0.15) is 0 Å². The zero-order valence-electron chi connectivity index (χ0n) is 33.0. The second kappa shape index (κ2) is 15.7. The molecule has 1 heteroatoms. The van der Waals surface area contributed by atoms with Crippen molar-refractivity contribution in [2.24, 2.45) is 11.8 Å². The first-order valence-electron chi connectivity index (χ1n) is 17.8. The van der Waals surface area contributed by atoms with E-state index in [-0.39, 0.29) is 56.9 Å². The van der Waals surface area contributed by atoms with Crippen molar-refractivity contribution < 1.29 is 25.8 Å². The van der Waals surface area contributed by atoms with E-state index in [9.17, 15) is 0 Å². The Morgan fingerprint density at radius 3 is 1.20 bits per heavy atom. The quantitative estimate of drug-likeness (QED) is 0.106. The Hall–Kier alpha value is -3.03. The number of benzene rings is 4. The van der Waals surface area contributed by atoms with Crippen molar-refractivity contribution in [1.82, 2.24) is 0 Å². The van der Waals surface area contributed by atoms with Crippen LogP contribution in [0.25, 0.3) is 43.8 Å². The van der Waals surface area contributed by atoms with Crippen LogP contribution in [0.15, 0.2) is 109 Å². The molecule has 0 saturated carbocycles. The minimum absolute atomic E-state index is 0. The van der Waals surface area contributed by atoms with Gasteiger partial charge in [0.25, 0.3) is 0 Å². The van der Waals surface area contributed by atoms with E-state index in [2.05, 4.69) is 178 Å². The molecule has 0 saturated heterocycles. The van der Waals surface area contributed by atoms with Crippen LogP contribution < -0.4 is 0 Å². The Morgan fingerprint density at radius 1 is 0.500 bits per heavy atom. The molecule has 0 bridgehead atoms. The molecule has 260 valence electrons. The molecule has 6 aromatic rings. The maximum Gasteiger partial charge on any atom is 4.00 e. The third-order valence-electron chi connectivity index (χ3n) is 10.2. The van der Waals surface area contributed by atoms with E-state index in [1.165, 1.54) is 66.1 Å². The molecule has 0 aliphatic rings. The summed E-state index contributed by atoms with van der Waals surface area (Å²) in [7, 11) is 0. The monoisotopic (exact) mass is 828 g/mol. The van der Waals surface area contributed by atoms with Gasteiger partial charge in [-0.15, -0.1) is 69.1 Å². The van der Waals surface area contributed by atoms with Gasteiger partial charge in [-0.3, -0.25) is 0 Å². The van der Waals surface area contributed by atoms with E-state index >= 15 is 0 Å². The van der Waals surface area contributed by atoms with Crippen molar-refractivity contribution >= 4 is 21.5 Å². The van der Waals surface area contributed by atoms with Crippen LogP contribution in [0.3, 0.4) is 0 Å². The van der Waals surface area contributed by atoms with Crippen molar-refractivity contribution in [3.8, 4) is 22.3 Å². The molecule has 0 aromatic heterocycles. The van der Waals surface area contributed by atoms with Crippen LogP contribution in [-0.4, -0.2) is 0 Å². The van der Waals surface area contributed by atoms with Gasteiger partial charge in [0, 0.05) is 0 Å². The second-order valence-corrected chi connectivity index (χ2v) is 17.0. The Kier molecular flexibility index (Phi) is 13.0. The summed E-state index contributed by atoms with van der Waals surface area (Å²) < 4.78 is 0. The molecule has 0 spiro atoms. The average molecular weight is 828 g/mol. The summed E-state index contributed by atoms with van der Waals surface area (Å²) in [6.07, 6.45) is 2.23. The fourth-order valence-corrected chi connectivity index (χ4v) is 7.95. The van der Waals surface area contributed by atoms with Crippen LogP contribution in [-0.2, 0) is 42.1 Å². The van der Waals surface area contributed by atoms with Crippen LogP contribution in [0.4, 0.5) is 0 Å². The minimum atomic E-state index is -0.0879. The van der Waals surface area contributed by atoms with Crippen molar-refractivity contribution in [1.29, 1.82) is 0 Å². The van der Waals surface area contributed by atoms with Gasteiger partial charge in [0.15, 0.2) is 0 Å². The first-order valence-corrected chi connectivity index (χ1v) is 17.8. The Morgan fingerprint density at radius 2 is 0.860 bits per heavy atom. The van der Waals surface area contributed by atoms with E-state index in [0.717, 1.165) is 12.8 Å². The standard InChI is InChI=1S/C47H54.2CH3.Hf/c1-31(2)29-47(30-32(3)4,39-25-35-17-13-21-41(43(35)27-39)33-15-11-19-37(23-33)45(5,6)7)40-26-36-18-14-22-42(44(36)28-40)34-16-12-20-38(24-34)46(8,9)10;;;/h11-28,31-32H,29-30H2,1-10H3;2*1H3;/q-2;2*-1;+4. The summed E-state index contributed by atoms with van der Waals surface area (Å²) in [5, 5.41) is 5.40. The Bertz CT molecular complexity index is 1860. The van der Waals surface area contributed by atoms with Crippen LogP contribution in [0.2, 0.25) is 0 Å². The Balaban J connectivity index is 0.00000225. The molecule has 0 nitrogen and oxygen atoms in total. The molecular formula is C49H60Hf. The van der Waals surface area contributed by atoms with Crippen molar-refractivity contribution in [2.45, 2.75) is 98.3 Å². The predicted octanol–water partition coefficient (Wildman–Crippen LogP) is 14.6. The van der Waals surface area contributed by atoms with Gasteiger partial charge in [-0.2, -0.15) is 12.1 Å². The molecule has 0 aliphatic carbocycles. The first-order chi connectivity index (χ1) is 22.2. The fourth-order valence-electron chi connectivity index (χ4n) is 7.95. The molecule has 0 heterocycles. The zero-order valence-corrected chi connectivity index (χ0v) is 36.6. The van der Waals surface area contributed by atoms with Gasteiger partial charge in [-0.25, -0.2) is 0 Å². The van der Waals surface area contributed by atoms with Gasteiger partial charge in [0.2, 0.25) is 0 Å². The maximum atomic E-state index is 2.55. The van der Waals surface area contributed by atoms with Crippen LogP contribution in [0.5, 0.6) is 0 Å². The summed E-state index contributed by atoms with van der Waals surface area (Å²) in [6, 6.07) is 42.2. The summed E-state index contributed by atoms with van der Waals surface area (Å²) in [6.45, 7) is 23.4. The summed E-state index contributed by atoms with van der Waals surface area (Å²) >= 11 is 0. The Labute approximate surface area is 324 Å². The van der Waals surface area contributed by atoms with Gasteiger partial charge in [0.05, 0.1) is 0 Å². The number of fused-ring (bicyclic) bond motifs is 2. The average Bonchev–Trinajstić information content (AvgIpc) is 3.65. The predicted molar refractivity (Wildman–Crippen MR) is 220 cm³/mol. The van der Waals surface area contributed by atoms with Crippen LogP contribution in [0, 0.1) is 26.7 Å². The number of hydrogen-bond acceptors (Lipinski definition) is 0.